The molecule has 0 bridgehead atoms. The molecular weight excluding hydrogens is 218 g/mol. The van der Waals surface area contributed by atoms with Crippen LogP contribution in [0.3, 0.4) is 0 Å². The molecule has 0 aliphatic carbocycles. The lowest BCUT2D eigenvalue weighted by atomic mass is 10.2. The number of anilines is 1. The zero-order valence-electron chi connectivity index (χ0n) is 8.16. The number of carbonyl (C=O) groups excluding carboxylic acids is 2. The van der Waals surface area contributed by atoms with Gasteiger partial charge in [0.15, 0.2) is 0 Å². The maximum atomic E-state index is 11.3. The van der Waals surface area contributed by atoms with Crippen molar-refractivity contribution in [3.05, 3.63) is 17.5 Å². The Morgan fingerprint density at radius 3 is 2.80 bits per heavy atom. The van der Waals surface area contributed by atoms with Crippen LogP contribution in [0.5, 0.6) is 0 Å². The summed E-state index contributed by atoms with van der Waals surface area (Å²) in [6.07, 6.45) is 1.82. The number of nitrogens with zero attached hydrogens (tertiary/aromatic N) is 2. The summed E-state index contributed by atoms with van der Waals surface area (Å²) in [5.41, 5.74) is 0. The van der Waals surface area contributed by atoms with Crippen LogP contribution < -0.4 is 5.32 Å². The van der Waals surface area contributed by atoms with Crippen LogP contribution in [0, 0.1) is 0 Å². The molecule has 6 heteroatoms. The van der Waals surface area contributed by atoms with Crippen LogP contribution in [0.15, 0.2) is 12.3 Å². The lowest BCUT2D eigenvalue weighted by Crippen LogP contribution is -2.13. The molecule has 1 aromatic rings. The molecule has 0 fully saturated rings. The molecule has 1 heterocycles. The molecule has 1 aromatic heterocycles. The molecule has 1 amide bonds. The van der Waals surface area contributed by atoms with Crippen molar-refractivity contribution < 1.29 is 9.59 Å². The van der Waals surface area contributed by atoms with E-state index in [-0.39, 0.29) is 29.8 Å². The van der Waals surface area contributed by atoms with E-state index in [0.717, 1.165) is 0 Å². The normalized spacial score (nSPS) is 9.73. The molecular formula is C9H10ClN3O2. The lowest BCUT2D eigenvalue weighted by molar-refractivity contribution is -0.121. The summed E-state index contributed by atoms with van der Waals surface area (Å²) in [6, 6.07) is 1.53. The first kappa shape index (κ1) is 11.6. The number of hydrogen-bond acceptors (Lipinski definition) is 4. The molecule has 0 radical (unpaired) electrons. The molecule has 0 aliphatic heterocycles. The number of Topliss-reactive ketones (excluding diaryl/α,β-unsaturated/α-hetero) is 1. The molecule has 80 valence electrons. The molecule has 0 spiro atoms. The van der Waals surface area contributed by atoms with E-state index in [0.29, 0.717) is 5.82 Å². The first-order chi connectivity index (χ1) is 7.08. The maximum Gasteiger partial charge on any atom is 0.225 e. The van der Waals surface area contributed by atoms with Gasteiger partial charge in [0.2, 0.25) is 11.2 Å². The van der Waals surface area contributed by atoms with E-state index in [9.17, 15) is 9.59 Å². The molecule has 15 heavy (non-hydrogen) atoms. The summed E-state index contributed by atoms with van der Waals surface area (Å²) in [5, 5.41) is 2.58. The van der Waals surface area contributed by atoms with Crippen molar-refractivity contribution >= 4 is 29.1 Å². The second kappa shape index (κ2) is 5.41. The zero-order chi connectivity index (χ0) is 11.3. The van der Waals surface area contributed by atoms with Gasteiger partial charge in [-0.2, -0.15) is 0 Å². The Morgan fingerprint density at radius 1 is 1.47 bits per heavy atom. The number of ketones is 1. The van der Waals surface area contributed by atoms with Crippen LogP contribution in [0.4, 0.5) is 5.82 Å². The van der Waals surface area contributed by atoms with Crippen molar-refractivity contribution in [2.24, 2.45) is 0 Å². The average molecular weight is 228 g/mol. The molecule has 0 aromatic carbocycles. The Bertz CT molecular complexity index is 381. The molecule has 1 N–H and O–H groups in total. The van der Waals surface area contributed by atoms with Gasteiger partial charge in [0.25, 0.3) is 0 Å². The Labute approximate surface area is 91.9 Å². The number of hydrogen-bond donors (Lipinski definition) is 1. The molecule has 0 aliphatic rings. The summed E-state index contributed by atoms with van der Waals surface area (Å²) in [7, 11) is 0. The zero-order valence-corrected chi connectivity index (χ0v) is 8.91. The predicted octanol–water partition coefficient (Wildman–Crippen LogP) is 1.44. The van der Waals surface area contributed by atoms with Gasteiger partial charge in [-0.15, -0.1) is 0 Å². The standard InChI is InChI=1S/C9H10ClN3O2/c1-6(14)2-3-8(15)12-7-4-5-11-9(10)13-7/h4-5H,2-3H2,1H3,(H,11,12,13,15). The first-order valence-corrected chi connectivity index (χ1v) is 4.73. The van der Waals surface area contributed by atoms with Crippen molar-refractivity contribution in [1.29, 1.82) is 0 Å². The van der Waals surface area contributed by atoms with Crippen LogP contribution in [0.2, 0.25) is 5.28 Å². The second-order valence-corrected chi connectivity index (χ2v) is 3.30. The number of carbonyl (C=O) groups is 2. The fraction of sp³-hybridized carbons (Fsp3) is 0.333. The van der Waals surface area contributed by atoms with Gasteiger partial charge in [-0.3, -0.25) is 4.79 Å². The van der Waals surface area contributed by atoms with Gasteiger partial charge in [-0.05, 0) is 24.6 Å². The van der Waals surface area contributed by atoms with Crippen molar-refractivity contribution in [2.45, 2.75) is 19.8 Å². The number of aromatic nitrogens is 2. The van der Waals surface area contributed by atoms with Gasteiger partial charge >= 0.3 is 0 Å². The number of halogens is 1. The van der Waals surface area contributed by atoms with Crippen molar-refractivity contribution in [1.82, 2.24) is 9.97 Å². The first-order valence-electron chi connectivity index (χ1n) is 4.36. The van der Waals surface area contributed by atoms with E-state index in [1.54, 1.807) is 0 Å². The van der Waals surface area contributed by atoms with Gasteiger partial charge in [0.05, 0.1) is 0 Å². The van der Waals surface area contributed by atoms with E-state index >= 15 is 0 Å². The largest absolute Gasteiger partial charge is 0.311 e. The molecule has 0 saturated heterocycles. The highest BCUT2D eigenvalue weighted by Crippen LogP contribution is 2.06. The highest BCUT2D eigenvalue weighted by Gasteiger charge is 2.05. The van der Waals surface area contributed by atoms with E-state index in [2.05, 4.69) is 15.3 Å². The summed E-state index contributed by atoms with van der Waals surface area (Å²) in [6.45, 7) is 1.44. The minimum Gasteiger partial charge on any atom is -0.311 e. The van der Waals surface area contributed by atoms with Crippen LogP contribution in [0.1, 0.15) is 19.8 Å². The monoisotopic (exact) mass is 227 g/mol. The minimum absolute atomic E-state index is 0.0223. The third-order valence-corrected chi connectivity index (χ3v) is 1.78. The Morgan fingerprint density at radius 2 is 2.20 bits per heavy atom. The van der Waals surface area contributed by atoms with Gasteiger partial charge in [-0.1, -0.05) is 0 Å². The van der Waals surface area contributed by atoms with E-state index in [1.165, 1.54) is 19.2 Å². The average Bonchev–Trinajstić information content (AvgIpc) is 2.15. The van der Waals surface area contributed by atoms with Crippen LogP contribution in [-0.4, -0.2) is 21.7 Å². The van der Waals surface area contributed by atoms with Gasteiger partial charge in [0.1, 0.15) is 11.6 Å². The quantitative estimate of drug-likeness (QED) is 0.790. The highest BCUT2D eigenvalue weighted by atomic mass is 35.5. The fourth-order valence-corrected chi connectivity index (χ4v) is 1.05. The SMILES string of the molecule is CC(=O)CCC(=O)Nc1ccnc(Cl)n1. The third kappa shape index (κ3) is 4.51. The summed E-state index contributed by atoms with van der Waals surface area (Å²) in [5.74, 6) is 0.0504. The summed E-state index contributed by atoms with van der Waals surface area (Å²) in [4.78, 5) is 29.3. The van der Waals surface area contributed by atoms with E-state index < -0.39 is 0 Å². The maximum absolute atomic E-state index is 11.3. The number of rotatable bonds is 4. The van der Waals surface area contributed by atoms with Crippen LogP contribution in [0.25, 0.3) is 0 Å². The lowest BCUT2D eigenvalue weighted by Gasteiger charge is -2.02. The van der Waals surface area contributed by atoms with Crippen LogP contribution >= 0.6 is 11.6 Å². The minimum atomic E-state index is -0.264. The summed E-state index contributed by atoms with van der Waals surface area (Å²) >= 11 is 5.53. The fourth-order valence-electron chi connectivity index (χ4n) is 0.899. The van der Waals surface area contributed by atoms with E-state index in [4.69, 9.17) is 11.6 Å². The van der Waals surface area contributed by atoms with Gasteiger partial charge < -0.3 is 10.1 Å². The predicted molar refractivity (Wildman–Crippen MR) is 55.6 cm³/mol. The Kier molecular flexibility index (Phi) is 4.17. The van der Waals surface area contributed by atoms with Gasteiger partial charge in [0, 0.05) is 19.0 Å². The second-order valence-electron chi connectivity index (χ2n) is 2.96. The van der Waals surface area contributed by atoms with Crippen molar-refractivity contribution in [2.75, 3.05) is 5.32 Å². The summed E-state index contributed by atoms with van der Waals surface area (Å²) < 4.78 is 0. The van der Waals surface area contributed by atoms with Gasteiger partial charge in [-0.25, -0.2) is 9.97 Å². The van der Waals surface area contributed by atoms with E-state index in [1.807, 2.05) is 0 Å². The molecule has 0 saturated carbocycles. The third-order valence-electron chi connectivity index (χ3n) is 1.60. The van der Waals surface area contributed by atoms with Crippen LogP contribution in [-0.2, 0) is 9.59 Å². The molecule has 1 rings (SSSR count). The van der Waals surface area contributed by atoms with Crippen molar-refractivity contribution in [3.63, 3.8) is 0 Å². The highest BCUT2D eigenvalue weighted by molar-refractivity contribution is 6.28. The molecule has 0 atom stereocenters. The smallest absolute Gasteiger partial charge is 0.225 e. The number of amides is 1. The molecule has 0 unspecified atom stereocenters. The van der Waals surface area contributed by atoms with Crippen molar-refractivity contribution in [3.8, 4) is 0 Å². The number of nitrogens with one attached hydrogen (secondary N) is 1. The topological polar surface area (TPSA) is 72.0 Å². The molecule has 5 nitrogen and oxygen atoms in total. The Balaban J connectivity index is 2.48. The Hall–Kier alpha value is -1.49.